The maximum Gasteiger partial charge on any atom is 0.337 e. The van der Waals surface area contributed by atoms with Crippen molar-refractivity contribution in [3.05, 3.63) is 23.5 Å². The first-order chi connectivity index (χ1) is 7.72. The van der Waals surface area contributed by atoms with E-state index in [4.69, 9.17) is 9.84 Å². The second-order valence-corrected chi connectivity index (χ2v) is 4.09. The van der Waals surface area contributed by atoms with Gasteiger partial charge in [0.2, 0.25) is 0 Å². The van der Waals surface area contributed by atoms with Crippen LogP contribution in [0.3, 0.4) is 0 Å². The fraction of sp³-hybridized carbons (Fsp3) is 0.500. The highest BCUT2D eigenvalue weighted by atomic mass is 16.5. The number of rotatable bonds is 3. The van der Waals surface area contributed by atoms with Crippen molar-refractivity contribution in [2.45, 2.75) is 31.6 Å². The summed E-state index contributed by atoms with van der Waals surface area (Å²) in [6.45, 7) is 0. The first-order valence-corrected chi connectivity index (χ1v) is 5.49. The maximum absolute atomic E-state index is 11.2. The van der Waals surface area contributed by atoms with Crippen LogP contribution in [0, 0.1) is 0 Å². The van der Waals surface area contributed by atoms with Crippen molar-refractivity contribution in [3.63, 3.8) is 0 Å². The second-order valence-electron chi connectivity index (χ2n) is 4.09. The van der Waals surface area contributed by atoms with Crippen molar-refractivity contribution >= 4 is 5.97 Å². The minimum atomic E-state index is -0.923. The van der Waals surface area contributed by atoms with Gasteiger partial charge in [-0.3, -0.25) is 4.98 Å². The third-order valence-corrected chi connectivity index (χ3v) is 3.10. The number of hydrogen-bond acceptors (Lipinski definition) is 3. The molecule has 1 saturated carbocycles. The van der Waals surface area contributed by atoms with Crippen LogP contribution in [0.4, 0.5) is 0 Å². The number of ether oxygens (including phenoxy) is 1. The Kier molecular flexibility index (Phi) is 3.08. The summed E-state index contributed by atoms with van der Waals surface area (Å²) >= 11 is 0. The van der Waals surface area contributed by atoms with E-state index in [-0.39, 0.29) is 5.56 Å². The molecule has 0 unspecified atom stereocenters. The van der Waals surface area contributed by atoms with E-state index in [2.05, 4.69) is 4.98 Å². The molecular weight excluding hydrogens is 206 g/mol. The monoisotopic (exact) mass is 221 g/mol. The van der Waals surface area contributed by atoms with Crippen molar-refractivity contribution in [1.29, 1.82) is 0 Å². The van der Waals surface area contributed by atoms with Crippen molar-refractivity contribution in [3.8, 4) is 5.75 Å². The number of hydrogen-bond donors (Lipinski definition) is 1. The summed E-state index contributed by atoms with van der Waals surface area (Å²) in [7, 11) is 1.51. The van der Waals surface area contributed by atoms with Crippen LogP contribution in [0.25, 0.3) is 0 Å². The molecule has 0 amide bonds. The summed E-state index contributed by atoms with van der Waals surface area (Å²) in [5.41, 5.74) is 0.997. The van der Waals surface area contributed by atoms with E-state index in [9.17, 15) is 4.79 Å². The molecule has 1 aliphatic rings. The molecule has 0 atom stereocenters. The van der Waals surface area contributed by atoms with Gasteiger partial charge >= 0.3 is 5.97 Å². The zero-order chi connectivity index (χ0) is 11.5. The number of carboxylic acids is 1. The minimum absolute atomic E-state index is 0.284. The maximum atomic E-state index is 11.2. The predicted molar refractivity (Wildman–Crippen MR) is 59.0 cm³/mol. The summed E-state index contributed by atoms with van der Waals surface area (Å²) < 4.78 is 5.00. The summed E-state index contributed by atoms with van der Waals surface area (Å²) in [5, 5.41) is 9.15. The molecule has 2 rings (SSSR count). The van der Waals surface area contributed by atoms with Gasteiger partial charge in [-0.15, -0.1) is 0 Å². The van der Waals surface area contributed by atoms with E-state index < -0.39 is 5.97 Å². The summed E-state index contributed by atoms with van der Waals surface area (Å²) in [4.78, 5) is 15.4. The number of carbonyl (C=O) groups is 1. The Morgan fingerprint density at radius 3 is 2.75 bits per heavy atom. The second kappa shape index (κ2) is 4.51. The van der Waals surface area contributed by atoms with Gasteiger partial charge in [0.1, 0.15) is 5.75 Å². The molecule has 1 N–H and O–H groups in total. The van der Waals surface area contributed by atoms with Gasteiger partial charge in [0, 0.05) is 5.92 Å². The Hall–Kier alpha value is -1.58. The molecule has 0 bridgehead atoms. The molecule has 1 aliphatic carbocycles. The number of methoxy groups -OCH3 is 1. The molecule has 1 fully saturated rings. The standard InChI is InChI=1S/C12H15NO3/c1-16-9-6-10(12(14)15)11(13-7-9)8-4-2-3-5-8/h6-8H,2-5H2,1H3,(H,14,15). The van der Waals surface area contributed by atoms with Crippen LogP contribution < -0.4 is 4.74 Å². The number of nitrogens with zero attached hydrogens (tertiary/aromatic N) is 1. The topological polar surface area (TPSA) is 59.4 Å². The lowest BCUT2D eigenvalue weighted by atomic mass is 9.98. The van der Waals surface area contributed by atoms with Crippen LogP contribution in [0.1, 0.15) is 47.7 Å². The fourth-order valence-electron chi connectivity index (χ4n) is 2.26. The van der Waals surface area contributed by atoms with Crippen LogP contribution >= 0.6 is 0 Å². The van der Waals surface area contributed by atoms with E-state index in [0.29, 0.717) is 17.4 Å². The largest absolute Gasteiger partial charge is 0.495 e. The summed E-state index contributed by atoms with van der Waals surface area (Å²) in [5.74, 6) is -0.121. The molecule has 16 heavy (non-hydrogen) atoms. The molecule has 4 heteroatoms. The number of aromatic carboxylic acids is 1. The Labute approximate surface area is 94.3 Å². The van der Waals surface area contributed by atoms with E-state index in [0.717, 1.165) is 25.7 Å². The number of pyridine rings is 1. The van der Waals surface area contributed by atoms with Gasteiger partial charge in [0.05, 0.1) is 24.6 Å². The quantitative estimate of drug-likeness (QED) is 0.851. The minimum Gasteiger partial charge on any atom is -0.495 e. The van der Waals surface area contributed by atoms with Gasteiger partial charge in [-0.1, -0.05) is 12.8 Å². The van der Waals surface area contributed by atoms with Gasteiger partial charge in [-0.2, -0.15) is 0 Å². The first kappa shape index (κ1) is 10.9. The Morgan fingerprint density at radius 2 is 2.19 bits per heavy atom. The zero-order valence-electron chi connectivity index (χ0n) is 9.27. The first-order valence-electron chi connectivity index (χ1n) is 5.49. The number of carboxylic acid groups (broad SMARTS) is 1. The van der Waals surface area contributed by atoms with Crippen molar-refractivity contribution in [1.82, 2.24) is 4.98 Å². The van der Waals surface area contributed by atoms with E-state index >= 15 is 0 Å². The lowest BCUT2D eigenvalue weighted by molar-refractivity contribution is 0.0694. The van der Waals surface area contributed by atoms with Crippen molar-refractivity contribution < 1.29 is 14.6 Å². The van der Waals surface area contributed by atoms with Crippen LogP contribution in [-0.2, 0) is 0 Å². The highest BCUT2D eigenvalue weighted by Crippen LogP contribution is 2.35. The molecule has 0 aromatic carbocycles. The average molecular weight is 221 g/mol. The molecule has 1 aromatic rings. The average Bonchev–Trinajstić information content (AvgIpc) is 2.81. The Bertz CT molecular complexity index is 397. The van der Waals surface area contributed by atoms with Crippen LogP contribution in [0.15, 0.2) is 12.3 Å². The highest BCUT2D eigenvalue weighted by Gasteiger charge is 2.24. The Morgan fingerprint density at radius 1 is 1.50 bits per heavy atom. The van der Waals surface area contributed by atoms with Gasteiger partial charge in [-0.05, 0) is 18.9 Å². The van der Waals surface area contributed by atoms with Crippen LogP contribution in [-0.4, -0.2) is 23.2 Å². The lowest BCUT2D eigenvalue weighted by Crippen LogP contribution is -2.08. The molecule has 0 spiro atoms. The van der Waals surface area contributed by atoms with Crippen LogP contribution in [0.2, 0.25) is 0 Å². The molecule has 1 heterocycles. The SMILES string of the molecule is COc1cnc(C2CCCC2)c(C(=O)O)c1. The van der Waals surface area contributed by atoms with E-state index in [1.165, 1.54) is 7.11 Å². The zero-order valence-corrected chi connectivity index (χ0v) is 9.27. The van der Waals surface area contributed by atoms with Crippen molar-refractivity contribution in [2.75, 3.05) is 7.11 Å². The number of aromatic nitrogens is 1. The molecule has 86 valence electrons. The molecular formula is C12H15NO3. The molecule has 4 nitrogen and oxygen atoms in total. The van der Waals surface area contributed by atoms with Gasteiger partial charge < -0.3 is 9.84 Å². The van der Waals surface area contributed by atoms with Gasteiger partial charge in [0.15, 0.2) is 0 Å². The fourth-order valence-corrected chi connectivity index (χ4v) is 2.26. The van der Waals surface area contributed by atoms with Gasteiger partial charge in [-0.25, -0.2) is 4.79 Å². The molecule has 0 radical (unpaired) electrons. The normalized spacial score (nSPS) is 16.3. The highest BCUT2D eigenvalue weighted by molar-refractivity contribution is 5.89. The van der Waals surface area contributed by atoms with Gasteiger partial charge in [0.25, 0.3) is 0 Å². The summed E-state index contributed by atoms with van der Waals surface area (Å²) in [6, 6.07) is 1.56. The molecule has 0 saturated heterocycles. The van der Waals surface area contributed by atoms with E-state index in [1.54, 1.807) is 12.3 Å². The summed E-state index contributed by atoms with van der Waals surface area (Å²) in [6.07, 6.45) is 6.01. The molecule has 1 aromatic heterocycles. The smallest absolute Gasteiger partial charge is 0.337 e. The molecule has 0 aliphatic heterocycles. The van der Waals surface area contributed by atoms with Crippen LogP contribution in [0.5, 0.6) is 5.75 Å². The third kappa shape index (κ3) is 2.01. The van der Waals surface area contributed by atoms with E-state index in [1.807, 2.05) is 0 Å². The van der Waals surface area contributed by atoms with Crippen molar-refractivity contribution in [2.24, 2.45) is 0 Å². The third-order valence-electron chi connectivity index (χ3n) is 3.10. The predicted octanol–water partition coefficient (Wildman–Crippen LogP) is 2.45. The Balaban J connectivity index is 2.39. The lowest BCUT2D eigenvalue weighted by Gasteiger charge is -2.12.